The van der Waals surface area contributed by atoms with E-state index in [9.17, 15) is 4.79 Å². The molecule has 0 heterocycles. The van der Waals surface area contributed by atoms with Crippen molar-refractivity contribution in [2.75, 3.05) is 5.32 Å². The minimum atomic E-state index is -0.990. The fraction of sp³-hybridized carbons (Fsp3) is 0.462. The largest absolute Gasteiger partial charge is 0.465 e. The first kappa shape index (κ1) is 10.9. The fourth-order valence-electron chi connectivity index (χ4n) is 2.33. The van der Waals surface area contributed by atoms with E-state index in [2.05, 4.69) is 5.32 Å². The van der Waals surface area contributed by atoms with Crippen molar-refractivity contribution in [2.45, 2.75) is 37.5 Å². The van der Waals surface area contributed by atoms with Crippen molar-refractivity contribution >= 4 is 23.4 Å². The number of anilines is 1. The molecular formula is C13H14ClNO2. The Morgan fingerprint density at radius 3 is 2.00 bits per heavy atom. The van der Waals surface area contributed by atoms with Crippen LogP contribution in [0.2, 0.25) is 5.02 Å². The number of carbonyl (C=O) groups is 1. The van der Waals surface area contributed by atoms with Crippen molar-refractivity contribution in [3.63, 3.8) is 0 Å². The number of rotatable bonds is 3. The normalized spacial score (nSPS) is 19.1. The van der Waals surface area contributed by atoms with Gasteiger partial charge in [0.25, 0.3) is 0 Å². The summed E-state index contributed by atoms with van der Waals surface area (Å²) in [6.07, 6.45) is 3.56. The number of halogens is 1. The smallest absolute Gasteiger partial charge is 0.409 e. The molecule has 0 atom stereocenters. The average molecular weight is 252 g/mol. The summed E-state index contributed by atoms with van der Waals surface area (Å²) in [6.45, 7) is 0. The van der Waals surface area contributed by atoms with Crippen molar-refractivity contribution in [1.29, 1.82) is 0 Å². The maximum absolute atomic E-state index is 10.9. The second-order valence-electron chi connectivity index (χ2n) is 4.94. The Hall–Kier alpha value is -1.22. The van der Waals surface area contributed by atoms with Gasteiger partial charge < -0.3 is 5.11 Å². The Labute approximate surface area is 105 Å². The number of hydrogen-bond acceptors (Lipinski definition) is 1. The molecule has 0 aromatic heterocycles. The summed E-state index contributed by atoms with van der Waals surface area (Å²) in [6, 6.07) is 3.83. The van der Waals surface area contributed by atoms with Gasteiger partial charge in [-0.25, -0.2) is 4.79 Å². The van der Waals surface area contributed by atoms with E-state index >= 15 is 0 Å². The van der Waals surface area contributed by atoms with Crippen LogP contribution in [0, 0.1) is 0 Å². The summed E-state index contributed by atoms with van der Waals surface area (Å²) in [5.74, 6) is 0.987. The van der Waals surface area contributed by atoms with Crippen LogP contribution < -0.4 is 5.32 Å². The second kappa shape index (κ2) is 3.91. The van der Waals surface area contributed by atoms with Gasteiger partial charge in [-0.1, -0.05) is 11.6 Å². The number of benzene rings is 1. The zero-order chi connectivity index (χ0) is 12.0. The van der Waals surface area contributed by atoms with Gasteiger partial charge in [0.1, 0.15) is 0 Å². The molecule has 0 bridgehead atoms. The number of carboxylic acid groups (broad SMARTS) is 1. The predicted molar refractivity (Wildman–Crippen MR) is 67.0 cm³/mol. The van der Waals surface area contributed by atoms with Gasteiger partial charge in [0.2, 0.25) is 0 Å². The zero-order valence-electron chi connectivity index (χ0n) is 9.37. The van der Waals surface area contributed by atoms with E-state index in [1.807, 2.05) is 12.1 Å². The van der Waals surface area contributed by atoms with Crippen molar-refractivity contribution in [3.8, 4) is 0 Å². The minimum absolute atomic E-state index is 0.494. The first-order valence-corrected chi connectivity index (χ1v) is 6.36. The van der Waals surface area contributed by atoms with Gasteiger partial charge in [-0.3, -0.25) is 5.32 Å². The molecule has 0 unspecified atom stereocenters. The van der Waals surface area contributed by atoms with Crippen LogP contribution in [0.5, 0.6) is 0 Å². The van der Waals surface area contributed by atoms with E-state index in [4.69, 9.17) is 16.7 Å². The molecule has 0 radical (unpaired) electrons. The molecule has 2 aliphatic carbocycles. The lowest BCUT2D eigenvalue weighted by atomic mass is 10.00. The Bertz CT molecular complexity index is 445. The molecule has 0 aliphatic heterocycles. The first-order valence-electron chi connectivity index (χ1n) is 5.98. The van der Waals surface area contributed by atoms with E-state index in [0.717, 1.165) is 47.5 Å². The summed E-state index contributed by atoms with van der Waals surface area (Å²) < 4.78 is 0. The van der Waals surface area contributed by atoms with Gasteiger partial charge >= 0.3 is 6.09 Å². The highest BCUT2D eigenvalue weighted by Crippen LogP contribution is 2.50. The van der Waals surface area contributed by atoms with Crippen LogP contribution in [0.15, 0.2) is 12.1 Å². The average Bonchev–Trinajstić information content (AvgIpc) is 3.14. The molecule has 1 aromatic carbocycles. The van der Waals surface area contributed by atoms with Crippen LogP contribution in [0.1, 0.15) is 48.6 Å². The molecule has 0 saturated heterocycles. The number of nitrogens with one attached hydrogen (secondary N) is 1. The lowest BCUT2D eigenvalue weighted by molar-refractivity contribution is 0.209. The van der Waals surface area contributed by atoms with E-state index in [-0.39, 0.29) is 0 Å². The maximum atomic E-state index is 10.9. The number of amides is 1. The third-order valence-electron chi connectivity index (χ3n) is 3.43. The van der Waals surface area contributed by atoms with E-state index in [1.54, 1.807) is 0 Å². The van der Waals surface area contributed by atoms with Crippen LogP contribution in [-0.4, -0.2) is 11.2 Å². The van der Waals surface area contributed by atoms with Gasteiger partial charge in [-0.05, 0) is 60.8 Å². The molecular weight excluding hydrogens is 238 g/mol. The standard InChI is InChI=1S/C13H14ClNO2/c14-9-5-10(7-1-2-7)12(15-13(16)17)11(6-9)8-3-4-8/h5-8,15H,1-4H2,(H,16,17). The van der Waals surface area contributed by atoms with E-state index in [0.29, 0.717) is 11.8 Å². The van der Waals surface area contributed by atoms with E-state index in [1.165, 1.54) is 0 Å². The van der Waals surface area contributed by atoms with Crippen LogP contribution >= 0.6 is 11.6 Å². The molecule has 2 fully saturated rings. The van der Waals surface area contributed by atoms with Crippen LogP contribution in [0.4, 0.5) is 10.5 Å². The molecule has 2 saturated carbocycles. The Kier molecular flexibility index (Phi) is 2.51. The van der Waals surface area contributed by atoms with Crippen molar-refractivity contribution in [1.82, 2.24) is 0 Å². The summed E-state index contributed by atoms with van der Waals surface area (Å²) in [5.41, 5.74) is 2.97. The third-order valence-corrected chi connectivity index (χ3v) is 3.65. The fourth-order valence-corrected chi connectivity index (χ4v) is 2.57. The maximum Gasteiger partial charge on any atom is 0.409 e. The minimum Gasteiger partial charge on any atom is -0.465 e. The molecule has 1 amide bonds. The predicted octanol–water partition coefficient (Wildman–Crippen LogP) is 4.18. The highest BCUT2D eigenvalue weighted by Gasteiger charge is 2.33. The summed E-state index contributed by atoms with van der Waals surface area (Å²) >= 11 is 6.13. The lowest BCUT2D eigenvalue weighted by Crippen LogP contribution is -2.11. The Morgan fingerprint density at radius 1 is 1.18 bits per heavy atom. The highest BCUT2D eigenvalue weighted by atomic mass is 35.5. The first-order chi connectivity index (χ1) is 8.15. The Balaban J connectivity index is 2.07. The molecule has 4 heteroatoms. The molecule has 3 rings (SSSR count). The zero-order valence-corrected chi connectivity index (χ0v) is 10.1. The quantitative estimate of drug-likeness (QED) is 0.846. The van der Waals surface area contributed by atoms with Crippen LogP contribution in [-0.2, 0) is 0 Å². The van der Waals surface area contributed by atoms with Crippen molar-refractivity contribution in [2.24, 2.45) is 0 Å². The van der Waals surface area contributed by atoms with Gasteiger partial charge in [0.15, 0.2) is 0 Å². The van der Waals surface area contributed by atoms with Crippen LogP contribution in [0.25, 0.3) is 0 Å². The summed E-state index contributed by atoms with van der Waals surface area (Å²) in [7, 11) is 0. The van der Waals surface area contributed by atoms with Crippen LogP contribution in [0.3, 0.4) is 0 Å². The van der Waals surface area contributed by atoms with Gasteiger partial charge in [-0.15, -0.1) is 0 Å². The molecule has 1 aromatic rings. The van der Waals surface area contributed by atoms with Gasteiger partial charge in [-0.2, -0.15) is 0 Å². The molecule has 17 heavy (non-hydrogen) atoms. The van der Waals surface area contributed by atoms with Crippen molar-refractivity contribution < 1.29 is 9.90 Å². The van der Waals surface area contributed by atoms with Gasteiger partial charge in [0.05, 0.1) is 5.69 Å². The lowest BCUT2D eigenvalue weighted by Gasteiger charge is -2.14. The topological polar surface area (TPSA) is 49.3 Å². The SMILES string of the molecule is O=C(O)Nc1c(C2CC2)cc(Cl)cc1C1CC1. The second-order valence-corrected chi connectivity index (χ2v) is 5.37. The molecule has 2 N–H and O–H groups in total. The molecule has 90 valence electrons. The molecule has 0 spiro atoms. The summed E-state index contributed by atoms with van der Waals surface area (Å²) in [4.78, 5) is 10.9. The number of hydrogen-bond donors (Lipinski definition) is 2. The monoisotopic (exact) mass is 251 g/mol. The molecule has 2 aliphatic rings. The van der Waals surface area contributed by atoms with E-state index < -0.39 is 6.09 Å². The highest BCUT2D eigenvalue weighted by molar-refractivity contribution is 6.30. The molecule has 3 nitrogen and oxygen atoms in total. The van der Waals surface area contributed by atoms with Gasteiger partial charge in [0, 0.05) is 5.02 Å². The summed E-state index contributed by atoms with van der Waals surface area (Å²) in [5, 5.41) is 12.2. The van der Waals surface area contributed by atoms with Crippen molar-refractivity contribution in [3.05, 3.63) is 28.3 Å². The third kappa shape index (κ3) is 2.25. The Morgan fingerprint density at radius 2 is 1.65 bits per heavy atom.